The second-order valence-corrected chi connectivity index (χ2v) is 8.14. The van der Waals surface area contributed by atoms with Gasteiger partial charge in [0, 0.05) is 16.6 Å². The van der Waals surface area contributed by atoms with Crippen LogP contribution in [-0.2, 0) is 14.3 Å². The maximum absolute atomic E-state index is 12.7. The summed E-state index contributed by atoms with van der Waals surface area (Å²) < 4.78 is 6.37. The highest BCUT2D eigenvalue weighted by atomic mass is 79.9. The van der Waals surface area contributed by atoms with Gasteiger partial charge in [-0.15, -0.1) is 0 Å². The van der Waals surface area contributed by atoms with Gasteiger partial charge in [-0.25, -0.2) is 9.79 Å². The van der Waals surface area contributed by atoms with E-state index in [4.69, 9.17) is 4.74 Å². The summed E-state index contributed by atoms with van der Waals surface area (Å²) in [6, 6.07) is 7.14. The third kappa shape index (κ3) is 3.67. The minimum atomic E-state index is -0.507. The highest BCUT2D eigenvalue weighted by molar-refractivity contribution is 9.10. The molecule has 0 N–H and O–H groups in total. The molecule has 2 heterocycles. The summed E-state index contributed by atoms with van der Waals surface area (Å²) in [5, 5.41) is 0.655. The van der Waals surface area contributed by atoms with Crippen molar-refractivity contribution >= 4 is 44.7 Å². The van der Waals surface area contributed by atoms with Crippen molar-refractivity contribution in [3.8, 4) is 0 Å². The minimum absolute atomic E-state index is 0.0206. The van der Waals surface area contributed by atoms with Gasteiger partial charge >= 0.3 is 5.97 Å². The third-order valence-corrected chi connectivity index (χ3v) is 5.44. The normalized spacial score (nSPS) is 20.5. The van der Waals surface area contributed by atoms with Crippen molar-refractivity contribution in [1.29, 1.82) is 0 Å². The molecule has 0 aromatic heterocycles. The fourth-order valence-electron chi connectivity index (χ4n) is 2.90. The van der Waals surface area contributed by atoms with Crippen molar-refractivity contribution in [2.75, 3.05) is 5.75 Å². The van der Waals surface area contributed by atoms with Crippen molar-refractivity contribution in [3.63, 3.8) is 0 Å². The molecular weight excluding hydrogens is 404 g/mol. The van der Waals surface area contributed by atoms with Crippen LogP contribution in [0.25, 0.3) is 0 Å². The first kappa shape index (κ1) is 18.2. The van der Waals surface area contributed by atoms with Gasteiger partial charge in [-0.1, -0.05) is 39.8 Å². The first-order valence-corrected chi connectivity index (χ1v) is 9.87. The standard InChI is InChI=1S/C18H19BrN2O3S/c1-10(2)24-17(23)15-11(3)20-18-21(14(22)8-9-25-18)16(15)12-4-6-13(19)7-5-12/h4-7,10,16H,8-9H2,1-3H3. The van der Waals surface area contributed by atoms with E-state index in [0.29, 0.717) is 28.6 Å². The van der Waals surface area contributed by atoms with Crippen LogP contribution >= 0.6 is 27.7 Å². The van der Waals surface area contributed by atoms with Crippen molar-refractivity contribution in [3.05, 3.63) is 45.6 Å². The average molecular weight is 423 g/mol. The molecule has 1 fully saturated rings. The lowest BCUT2D eigenvalue weighted by Crippen LogP contribution is -2.46. The van der Waals surface area contributed by atoms with E-state index in [-0.39, 0.29) is 12.0 Å². The minimum Gasteiger partial charge on any atom is -0.459 e. The largest absolute Gasteiger partial charge is 0.459 e. The monoisotopic (exact) mass is 422 g/mol. The molecule has 0 radical (unpaired) electrons. The zero-order chi connectivity index (χ0) is 18.1. The number of aliphatic imine (C=N–C) groups is 1. The quantitative estimate of drug-likeness (QED) is 0.689. The molecule has 1 aromatic rings. The summed E-state index contributed by atoms with van der Waals surface area (Å²) >= 11 is 4.97. The van der Waals surface area contributed by atoms with Gasteiger partial charge < -0.3 is 4.74 Å². The lowest BCUT2D eigenvalue weighted by atomic mass is 9.94. The van der Waals surface area contributed by atoms with Gasteiger partial charge in [0.05, 0.1) is 23.4 Å². The summed E-state index contributed by atoms with van der Waals surface area (Å²) in [5.74, 6) is 0.264. The molecule has 5 nitrogen and oxygen atoms in total. The van der Waals surface area contributed by atoms with Gasteiger partial charge in [-0.05, 0) is 38.5 Å². The predicted octanol–water partition coefficient (Wildman–Crippen LogP) is 4.05. The SMILES string of the molecule is CC1=C(C(=O)OC(C)C)C(c2ccc(Br)cc2)N2C(=O)CCSC2=N1. The number of amides is 1. The van der Waals surface area contributed by atoms with Gasteiger partial charge in [0.25, 0.3) is 0 Å². The van der Waals surface area contributed by atoms with E-state index in [2.05, 4.69) is 20.9 Å². The Hall–Kier alpha value is -1.60. The molecule has 132 valence electrons. The maximum Gasteiger partial charge on any atom is 0.338 e. The number of fused-ring (bicyclic) bond motifs is 1. The van der Waals surface area contributed by atoms with E-state index in [0.717, 1.165) is 10.0 Å². The molecule has 7 heteroatoms. The number of esters is 1. The van der Waals surface area contributed by atoms with Crippen LogP contribution in [0.5, 0.6) is 0 Å². The smallest absolute Gasteiger partial charge is 0.338 e. The van der Waals surface area contributed by atoms with E-state index in [1.165, 1.54) is 0 Å². The summed E-state index contributed by atoms with van der Waals surface area (Å²) in [6.07, 6.45) is 0.192. The van der Waals surface area contributed by atoms with E-state index in [1.807, 2.05) is 38.1 Å². The number of carbonyl (C=O) groups excluding carboxylic acids is 2. The number of benzene rings is 1. The topological polar surface area (TPSA) is 59.0 Å². The number of rotatable bonds is 3. The molecule has 1 amide bonds. The average Bonchev–Trinajstić information content (AvgIpc) is 2.53. The summed E-state index contributed by atoms with van der Waals surface area (Å²) in [7, 11) is 0. The zero-order valence-electron chi connectivity index (χ0n) is 14.3. The summed E-state index contributed by atoms with van der Waals surface area (Å²) in [5.41, 5.74) is 1.89. The molecule has 0 spiro atoms. The molecule has 0 aliphatic carbocycles. The molecule has 0 saturated carbocycles. The lowest BCUT2D eigenvalue weighted by Gasteiger charge is -2.39. The number of allylic oxidation sites excluding steroid dienone is 1. The Morgan fingerprint density at radius 1 is 1.36 bits per heavy atom. The molecule has 2 aliphatic rings. The van der Waals surface area contributed by atoms with Crippen molar-refractivity contribution in [2.24, 2.45) is 4.99 Å². The Morgan fingerprint density at radius 2 is 2.04 bits per heavy atom. The fraction of sp³-hybridized carbons (Fsp3) is 0.389. The molecule has 25 heavy (non-hydrogen) atoms. The number of amidine groups is 1. The Labute approximate surface area is 159 Å². The summed E-state index contributed by atoms with van der Waals surface area (Å²) in [4.78, 5) is 31.5. The third-order valence-electron chi connectivity index (χ3n) is 3.96. The number of hydrogen-bond acceptors (Lipinski definition) is 5. The Kier molecular flexibility index (Phi) is 5.34. The van der Waals surface area contributed by atoms with Crippen molar-refractivity contribution < 1.29 is 14.3 Å². The van der Waals surface area contributed by atoms with E-state index >= 15 is 0 Å². The van der Waals surface area contributed by atoms with Gasteiger partial charge in [0.15, 0.2) is 5.17 Å². The molecule has 1 unspecified atom stereocenters. The van der Waals surface area contributed by atoms with E-state index in [1.54, 1.807) is 23.6 Å². The van der Waals surface area contributed by atoms with E-state index in [9.17, 15) is 9.59 Å². The number of ether oxygens (including phenoxy) is 1. The van der Waals surface area contributed by atoms with Crippen LogP contribution in [0.2, 0.25) is 0 Å². The molecule has 3 rings (SSSR count). The molecular formula is C18H19BrN2O3S. The second kappa shape index (κ2) is 7.33. The van der Waals surface area contributed by atoms with Crippen LogP contribution < -0.4 is 0 Å². The van der Waals surface area contributed by atoms with Crippen LogP contribution in [-0.4, -0.2) is 33.8 Å². The summed E-state index contributed by atoms with van der Waals surface area (Å²) in [6.45, 7) is 5.41. The molecule has 2 aliphatic heterocycles. The molecule has 1 saturated heterocycles. The number of hydrogen-bond donors (Lipinski definition) is 0. The number of halogens is 1. The fourth-order valence-corrected chi connectivity index (χ4v) is 4.17. The number of carbonyl (C=O) groups is 2. The Bertz CT molecular complexity index is 771. The van der Waals surface area contributed by atoms with Crippen molar-refractivity contribution in [1.82, 2.24) is 4.90 Å². The molecule has 1 atom stereocenters. The number of nitrogens with zero attached hydrogens (tertiary/aromatic N) is 2. The maximum atomic E-state index is 12.7. The van der Waals surface area contributed by atoms with Gasteiger partial charge in [-0.2, -0.15) is 0 Å². The number of thioether (sulfide) groups is 1. The lowest BCUT2D eigenvalue weighted by molar-refractivity contribution is -0.143. The van der Waals surface area contributed by atoms with Crippen LogP contribution in [0, 0.1) is 0 Å². The van der Waals surface area contributed by atoms with Crippen LogP contribution in [0.1, 0.15) is 38.8 Å². The predicted molar refractivity (Wildman–Crippen MR) is 102 cm³/mol. The first-order chi connectivity index (χ1) is 11.9. The highest BCUT2D eigenvalue weighted by Crippen LogP contribution is 2.40. The van der Waals surface area contributed by atoms with E-state index < -0.39 is 12.0 Å². The molecule has 1 aromatic carbocycles. The molecule has 0 bridgehead atoms. The van der Waals surface area contributed by atoms with Crippen LogP contribution in [0.15, 0.2) is 45.0 Å². The Morgan fingerprint density at radius 3 is 2.68 bits per heavy atom. The van der Waals surface area contributed by atoms with Gasteiger partial charge in [0.2, 0.25) is 5.91 Å². The first-order valence-electron chi connectivity index (χ1n) is 8.09. The van der Waals surface area contributed by atoms with Gasteiger partial charge in [-0.3, -0.25) is 9.69 Å². The Balaban J connectivity index is 2.12. The zero-order valence-corrected chi connectivity index (χ0v) is 16.7. The van der Waals surface area contributed by atoms with Crippen LogP contribution in [0.4, 0.5) is 0 Å². The second-order valence-electron chi connectivity index (χ2n) is 6.16. The van der Waals surface area contributed by atoms with Gasteiger partial charge in [0.1, 0.15) is 0 Å². The van der Waals surface area contributed by atoms with Crippen LogP contribution in [0.3, 0.4) is 0 Å². The van der Waals surface area contributed by atoms with Crippen molar-refractivity contribution in [2.45, 2.75) is 39.3 Å². The highest BCUT2D eigenvalue weighted by Gasteiger charge is 2.41.